The van der Waals surface area contributed by atoms with Gasteiger partial charge in [0.15, 0.2) is 0 Å². The number of aromatic nitrogens is 2. The van der Waals surface area contributed by atoms with Crippen molar-refractivity contribution < 1.29 is 14.6 Å². The molecule has 3 rings (SSSR count). The number of carboxylic acid groups (broad SMARTS) is 1. The molecule has 23 heavy (non-hydrogen) atoms. The number of rotatable bonds is 4. The Labute approximate surface area is 139 Å². The highest BCUT2D eigenvalue weighted by atomic mass is 79.9. The van der Waals surface area contributed by atoms with Gasteiger partial charge in [-0.2, -0.15) is 5.26 Å². The molecule has 1 saturated carbocycles. The molecule has 2 aromatic rings. The highest BCUT2D eigenvalue weighted by molar-refractivity contribution is 9.10. The van der Waals surface area contributed by atoms with Gasteiger partial charge in [-0.15, -0.1) is 5.10 Å². The molecule has 1 heterocycles. The highest BCUT2D eigenvalue weighted by Crippen LogP contribution is 2.32. The van der Waals surface area contributed by atoms with Gasteiger partial charge in [-0.1, -0.05) is 15.9 Å². The van der Waals surface area contributed by atoms with Crippen LogP contribution in [0.25, 0.3) is 10.8 Å². The van der Waals surface area contributed by atoms with E-state index in [1.165, 1.54) is 0 Å². The van der Waals surface area contributed by atoms with Crippen LogP contribution in [0.5, 0.6) is 5.88 Å². The molecule has 7 nitrogen and oxygen atoms in total. The van der Waals surface area contributed by atoms with Crippen molar-refractivity contribution in [1.29, 1.82) is 5.26 Å². The fourth-order valence-corrected chi connectivity index (χ4v) is 2.84. The number of benzene rings is 1. The van der Waals surface area contributed by atoms with Crippen LogP contribution in [0.1, 0.15) is 12.8 Å². The van der Waals surface area contributed by atoms with E-state index in [0.29, 0.717) is 23.6 Å². The second-order valence-corrected chi connectivity index (χ2v) is 6.30. The fraction of sp³-hybridized carbons (Fsp3) is 0.333. The summed E-state index contributed by atoms with van der Waals surface area (Å²) in [6.07, 6.45) is 1.06. The standard InChI is InChI=1S/C15H12BrN3O4/c16-9-1-2-11-12(5-9)14(23-10-3-8(4-10)6-17)18-19(15(11)22)7-13(20)21/h1-2,5,8,10H,3-4,7H2,(H,20,21)/t8-,10+. The number of carboxylic acids is 1. The smallest absolute Gasteiger partial charge is 0.325 e. The van der Waals surface area contributed by atoms with Crippen LogP contribution in [-0.4, -0.2) is 27.0 Å². The van der Waals surface area contributed by atoms with Crippen LogP contribution in [0.2, 0.25) is 0 Å². The number of aliphatic carboxylic acids is 1. The van der Waals surface area contributed by atoms with Crippen LogP contribution in [-0.2, 0) is 11.3 Å². The summed E-state index contributed by atoms with van der Waals surface area (Å²) >= 11 is 3.34. The largest absolute Gasteiger partial charge is 0.480 e. The van der Waals surface area contributed by atoms with Crippen molar-refractivity contribution in [3.63, 3.8) is 0 Å². The molecular weight excluding hydrogens is 366 g/mol. The van der Waals surface area contributed by atoms with E-state index >= 15 is 0 Å². The maximum atomic E-state index is 12.3. The van der Waals surface area contributed by atoms with Crippen LogP contribution in [0.3, 0.4) is 0 Å². The van der Waals surface area contributed by atoms with Gasteiger partial charge in [-0.3, -0.25) is 9.59 Å². The van der Waals surface area contributed by atoms with Gasteiger partial charge >= 0.3 is 5.97 Å². The van der Waals surface area contributed by atoms with Gasteiger partial charge in [-0.25, -0.2) is 4.68 Å². The molecule has 0 spiro atoms. The van der Waals surface area contributed by atoms with Crippen molar-refractivity contribution in [2.24, 2.45) is 5.92 Å². The van der Waals surface area contributed by atoms with Gasteiger partial charge in [0, 0.05) is 17.3 Å². The zero-order valence-corrected chi connectivity index (χ0v) is 13.5. The summed E-state index contributed by atoms with van der Waals surface area (Å²) in [5, 5.41) is 22.7. The molecule has 0 atom stereocenters. The maximum absolute atomic E-state index is 12.3. The van der Waals surface area contributed by atoms with E-state index < -0.39 is 18.1 Å². The number of hydrogen-bond donors (Lipinski definition) is 1. The summed E-state index contributed by atoms with van der Waals surface area (Å²) in [6.45, 7) is -0.535. The first-order valence-electron chi connectivity index (χ1n) is 6.96. The van der Waals surface area contributed by atoms with Gasteiger partial charge in [0.1, 0.15) is 12.6 Å². The number of halogens is 1. The van der Waals surface area contributed by atoms with E-state index in [4.69, 9.17) is 15.1 Å². The lowest BCUT2D eigenvalue weighted by atomic mass is 9.83. The van der Waals surface area contributed by atoms with E-state index in [1.54, 1.807) is 18.2 Å². The first kappa shape index (κ1) is 15.5. The number of nitrogens with zero attached hydrogens (tertiary/aromatic N) is 3. The van der Waals surface area contributed by atoms with Crippen molar-refractivity contribution in [3.05, 3.63) is 33.0 Å². The molecule has 0 radical (unpaired) electrons. The number of hydrogen-bond acceptors (Lipinski definition) is 5. The van der Waals surface area contributed by atoms with Crippen molar-refractivity contribution in [2.75, 3.05) is 0 Å². The number of ether oxygens (including phenoxy) is 1. The van der Waals surface area contributed by atoms with Gasteiger partial charge in [-0.05, 0) is 18.2 Å². The Bertz CT molecular complexity index is 881. The lowest BCUT2D eigenvalue weighted by Crippen LogP contribution is -2.34. The lowest BCUT2D eigenvalue weighted by molar-refractivity contribution is -0.138. The molecule has 1 aromatic carbocycles. The maximum Gasteiger partial charge on any atom is 0.325 e. The number of fused-ring (bicyclic) bond motifs is 1. The second kappa shape index (κ2) is 6.01. The first-order valence-corrected chi connectivity index (χ1v) is 7.75. The van der Waals surface area contributed by atoms with Crippen molar-refractivity contribution in [3.8, 4) is 11.9 Å². The minimum absolute atomic E-state index is 0.0251. The molecule has 118 valence electrons. The van der Waals surface area contributed by atoms with Crippen LogP contribution in [0.15, 0.2) is 27.5 Å². The summed E-state index contributed by atoms with van der Waals surface area (Å²) in [7, 11) is 0. The molecule has 8 heteroatoms. The Morgan fingerprint density at radius 1 is 1.48 bits per heavy atom. The molecule has 0 amide bonds. The number of carbonyl (C=O) groups is 1. The average molecular weight is 378 g/mol. The Balaban J connectivity index is 2.05. The molecule has 0 bridgehead atoms. The second-order valence-electron chi connectivity index (χ2n) is 5.39. The Morgan fingerprint density at radius 3 is 2.87 bits per heavy atom. The third kappa shape index (κ3) is 3.05. The highest BCUT2D eigenvalue weighted by Gasteiger charge is 2.31. The number of nitriles is 1. The molecule has 0 aliphatic heterocycles. The molecule has 1 fully saturated rings. The quantitative estimate of drug-likeness (QED) is 0.872. The molecule has 1 aliphatic carbocycles. The van der Waals surface area contributed by atoms with Crippen molar-refractivity contribution >= 4 is 32.7 Å². The zero-order chi connectivity index (χ0) is 16.6. The van der Waals surface area contributed by atoms with Gasteiger partial charge < -0.3 is 9.84 Å². The third-order valence-corrected chi connectivity index (χ3v) is 4.22. The zero-order valence-electron chi connectivity index (χ0n) is 11.9. The third-order valence-electron chi connectivity index (χ3n) is 3.73. The molecular formula is C15H12BrN3O4. The lowest BCUT2D eigenvalue weighted by Gasteiger charge is -2.30. The Kier molecular flexibility index (Phi) is 4.05. The molecule has 1 N–H and O–H groups in total. The van der Waals surface area contributed by atoms with Gasteiger partial charge in [0.2, 0.25) is 5.88 Å². The van der Waals surface area contributed by atoms with Crippen molar-refractivity contribution in [1.82, 2.24) is 9.78 Å². The van der Waals surface area contributed by atoms with Gasteiger partial charge in [0.25, 0.3) is 5.56 Å². The van der Waals surface area contributed by atoms with Crippen molar-refractivity contribution in [2.45, 2.75) is 25.5 Å². The summed E-state index contributed by atoms with van der Waals surface area (Å²) in [5.74, 6) is -0.971. The van der Waals surface area contributed by atoms with E-state index in [1.807, 2.05) is 0 Å². The minimum Gasteiger partial charge on any atom is -0.480 e. The van der Waals surface area contributed by atoms with E-state index in [0.717, 1.165) is 9.15 Å². The molecule has 0 unspecified atom stereocenters. The SMILES string of the molecule is N#C[C@H]1C[C@@H](Oc2nn(CC(=O)O)c(=O)c3ccc(Br)cc23)C1. The predicted molar refractivity (Wildman–Crippen MR) is 84.1 cm³/mol. The van der Waals surface area contributed by atoms with E-state index in [9.17, 15) is 9.59 Å². The van der Waals surface area contributed by atoms with Crippen LogP contribution < -0.4 is 10.3 Å². The topological polar surface area (TPSA) is 105 Å². The monoisotopic (exact) mass is 377 g/mol. The average Bonchev–Trinajstić information content (AvgIpc) is 2.46. The summed E-state index contributed by atoms with van der Waals surface area (Å²) in [6, 6.07) is 7.19. The first-order chi connectivity index (χ1) is 11.0. The van der Waals surface area contributed by atoms with E-state index in [-0.39, 0.29) is 17.9 Å². The normalized spacial score (nSPS) is 19.8. The predicted octanol–water partition coefficient (Wildman–Crippen LogP) is 1.92. The fourth-order valence-electron chi connectivity index (χ4n) is 2.48. The van der Waals surface area contributed by atoms with Crippen LogP contribution in [0.4, 0.5) is 0 Å². The molecule has 1 aliphatic rings. The van der Waals surface area contributed by atoms with E-state index in [2.05, 4.69) is 27.1 Å². The Hall–Kier alpha value is -2.40. The summed E-state index contributed by atoms with van der Waals surface area (Å²) in [4.78, 5) is 23.2. The molecule has 1 aromatic heterocycles. The summed E-state index contributed by atoms with van der Waals surface area (Å²) < 4.78 is 7.44. The Morgan fingerprint density at radius 2 is 2.22 bits per heavy atom. The summed E-state index contributed by atoms with van der Waals surface area (Å²) in [5.41, 5.74) is -0.481. The molecule has 0 saturated heterocycles. The van der Waals surface area contributed by atoms with Crippen LogP contribution >= 0.6 is 15.9 Å². The van der Waals surface area contributed by atoms with Gasteiger partial charge in [0.05, 0.1) is 22.8 Å². The van der Waals surface area contributed by atoms with Crippen LogP contribution in [0, 0.1) is 17.2 Å². The minimum atomic E-state index is -1.16.